The Balaban J connectivity index is 1.39. The molecule has 3 heterocycles. The van der Waals surface area contributed by atoms with Gasteiger partial charge in [-0.2, -0.15) is 0 Å². The highest BCUT2D eigenvalue weighted by molar-refractivity contribution is 5.90. The number of allylic oxidation sites excluding steroid dienone is 1. The zero-order valence-electron chi connectivity index (χ0n) is 20.4. The molecule has 0 aliphatic carbocycles. The summed E-state index contributed by atoms with van der Waals surface area (Å²) < 4.78 is 20.3. The van der Waals surface area contributed by atoms with Crippen LogP contribution in [-0.2, 0) is 14.3 Å². The fourth-order valence-electron chi connectivity index (χ4n) is 4.32. The SMILES string of the molecule is CC(C)=CC(=O)N1CCN(c2ccc(-c3ccc(N4CC(CCC(N)=O)OC4=O)cc3F)cn2)CC1. The molecular weight excluding hydrogens is 465 g/mol. The lowest BCUT2D eigenvalue weighted by Crippen LogP contribution is -2.48. The number of pyridine rings is 1. The predicted molar refractivity (Wildman–Crippen MR) is 134 cm³/mol. The molecule has 2 aliphatic rings. The number of primary amides is 1. The molecule has 10 heteroatoms. The third-order valence-electron chi connectivity index (χ3n) is 6.24. The van der Waals surface area contributed by atoms with Crippen LogP contribution in [0, 0.1) is 5.82 Å². The minimum atomic E-state index is -0.578. The summed E-state index contributed by atoms with van der Waals surface area (Å²) in [5.41, 5.74) is 7.50. The molecule has 2 aliphatic heterocycles. The molecule has 2 saturated heterocycles. The molecule has 1 unspecified atom stereocenters. The first-order chi connectivity index (χ1) is 17.2. The number of rotatable bonds is 7. The van der Waals surface area contributed by atoms with Gasteiger partial charge < -0.3 is 20.3 Å². The number of aromatic nitrogens is 1. The van der Waals surface area contributed by atoms with Gasteiger partial charge in [-0.25, -0.2) is 14.2 Å². The van der Waals surface area contributed by atoms with E-state index in [4.69, 9.17) is 10.5 Å². The molecule has 1 atom stereocenters. The van der Waals surface area contributed by atoms with E-state index in [1.165, 1.54) is 11.0 Å². The summed E-state index contributed by atoms with van der Waals surface area (Å²) in [5.74, 6) is -0.148. The molecule has 1 aromatic carbocycles. The molecule has 0 saturated carbocycles. The molecule has 0 radical (unpaired) electrons. The Bertz CT molecular complexity index is 1170. The van der Waals surface area contributed by atoms with Gasteiger partial charge >= 0.3 is 6.09 Å². The van der Waals surface area contributed by atoms with E-state index in [-0.39, 0.29) is 18.9 Å². The van der Waals surface area contributed by atoms with Crippen molar-refractivity contribution in [3.8, 4) is 11.1 Å². The molecule has 0 spiro atoms. The molecule has 3 amide bonds. The van der Waals surface area contributed by atoms with Crippen molar-refractivity contribution in [3.05, 3.63) is 54.0 Å². The lowest BCUT2D eigenvalue weighted by atomic mass is 10.1. The Hall–Kier alpha value is -3.95. The van der Waals surface area contributed by atoms with Crippen molar-refractivity contribution in [1.82, 2.24) is 9.88 Å². The summed E-state index contributed by atoms with van der Waals surface area (Å²) >= 11 is 0. The van der Waals surface area contributed by atoms with Crippen LogP contribution in [0.25, 0.3) is 11.1 Å². The summed E-state index contributed by atoms with van der Waals surface area (Å²) in [6.07, 6.45) is 2.68. The molecule has 2 aromatic rings. The van der Waals surface area contributed by atoms with Crippen molar-refractivity contribution in [2.45, 2.75) is 32.8 Å². The van der Waals surface area contributed by atoms with Crippen LogP contribution in [0.4, 0.5) is 20.7 Å². The molecule has 2 fully saturated rings. The lowest BCUT2D eigenvalue weighted by Gasteiger charge is -2.35. The number of anilines is 2. The normalized spacial score (nSPS) is 17.7. The number of halogens is 1. The number of piperazine rings is 1. The molecule has 0 bridgehead atoms. The first kappa shape index (κ1) is 25.2. The largest absolute Gasteiger partial charge is 0.444 e. The Labute approximate surface area is 209 Å². The molecule has 36 heavy (non-hydrogen) atoms. The third kappa shape index (κ3) is 5.81. The van der Waals surface area contributed by atoms with Gasteiger partial charge in [-0.15, -0.1) is 0 Å². The van der Waals surface area contributed by atoms with Crippen molar-refractivity contribution in [2.75, 3.05) is 42.5 Å². The topological polar surface area (TPSA) is 109 Å². The number of amides is 3. The lowest BCUT2D eigenvalue weighted by molar-refractivity contribution is -0.126. The predicted octanol–water partition coefficient (Wildman–Crippen LogP) is 3.09. The van der Waals surface area contributed by atoms with Crippen LogP contribution in [0.15, 0.2) is 48.2 Å². The summed E-state index contributed by atoms with van der Waals surface area (Å²) in [6, 6.07) is 8.22. The molecule has 1 aromatic heterocycles. The van der Waals surface area contributed by atoms with E-state index in [1.807, 2.05) is 30.9 Å². The highest BCUT2D eigenvalue weighted by Crippen LogP contribution is 2.30. The summed E-state index contributed by atoms with van der Waals surface area (Å²) in [4.78, 5) is 45.2. The number of hydrogen-bond donors (Lipinski definition) is 1. The van der Waals surface area contributed by atoms with Gasteiger partial charge in [-0.1, -0.05) is 5.57 Å². The van der Waals surface area contributed by atoms with E-state index in [9.17, 15) is 14.4 Å². The van der Waals surface area contributed by atoms with Gasteiger partial charge in [0.2, 0.25) is 11.8 Å². The molecule has 190 valence electrons. The number of hydrogen-bond acceptors (Lipinski definition) is 6. The van der Waals surface area contributed by atoms with E-state index < -0.39 is 23.9 Å². The highest BCUT2D eigenvalue weighted by atomic mass is 19.1. The minimum absolute atomic E-state index is 0.0280. The number of ether oxygens (including phenoxy) is 1. The van der Waals surface area contributed by atoms with Gasteiger partial charge in [0.05, 0.1) is 12.2 Å². The summed E-state index contributed by atoms with van der Waals surface area (Å²) in [7, 11) is 0. The van der Waals surface area contributed by atoms with Gasteiger partial charge in [0.25, 0.3) is 0 Å². The van der Waals surface area contributed by atoms with Gasteiger partial charge in [0.15, 0.2) is 0 Å². The smallest absolute Gasteiger partial charge is 0.414 e. The Morgan fingerprint density at radius 2 is 1.92 bits per heavy atom. The fourth-order valence-corrected chi connectivity index (χ4v) is 4.32. The second kappa shape index (κ2) is 10.8. The number of nitrogens with two attached hydrogens (primary N) is 1. The number of carbonyl (C=O) groups is 3. The maximum atomic E-state index is 15.0. The van der Waals surface area contributed by atoms with E-state index in [0.29, 0.717) is 49.4 Å². The minimum Gasteiger partial charge on any atom is -0.444 e. The Morgan fingerprint density at radius 3 is 2.53 bits per heavy atom. The molecular formula is C26H30FN5O4. The number of carbonyl (C=O) groups excluding carboxylic acids is 3. The monoisotopic (exact) mass is 495 g/mol. The zero-order chi connectivity index (χ0) is 25.8. The second-order valence-corrected chi connectivity index (χ2v) is 9.22. The number of benzene rings is 1. The Morgan fingerprint density at radius 1 is 1.17 bits per heavy atom. The third-order valence-corrected chi connectivity index (χ3v) is 6.24. The van der Waals surface area contributed by atoms with Crippen molar-refractivity contribution in [3.63, 3.8) is 0 Å². The van der Waals surface area contributed by atoms with Crippen LogP contribution >= 0.6 is 0 Å². The first-order valence-electron chi connectivity index (χ1n) is 11.9. The fraction of sp³-hybridized carbons (Fsp3) is 0.385. The van der Waals surface area contributed by atoms with Crippen molar-refractivity contribution in [2.24, 2.45) is 5.73 Å². The van der Waals surface area contributed by atoms with Crippen molar-refractivity contribution < 1.29 is 23.5 Å². The Kier molecular flexibility index (Phi) is 7.52. The number of cyclic esters (lactones) is 1. The van der Waals surface area contributed by atoms with E-state index in [0.717, 1.165) is 11.4 Å². The highest BCUT2D eigenvalue weighted by Gasteiger charge is 2.32. The molecule has 2 N–H and O–H groups in total. The average Bonchev–Trinajstić information content (AvgIpc) is 3.23. The van der Waals surface area contributed by atoms with Gasteiger partial charge in [-0.3, -0.25) is 14.5 Å². The van der Waals surface area contributed by atoms with E-state index in [2.05, 4.69) is 9.88 Å². The number of nitrogens with zero attached hydrogens (tertiary/aromatic N) is 4. The van der Waals surface area contributed by atoms with Gasteiger partial charge in [0, 0.05) is 56.0 Å². The van der Waals surface area contributed by atoms with E-state index >= 15 is 4.39 Å². The second-order valence-electron chi connectivity index (χ2n) is 9.22. The molecule has 4 rings (SSSR count). The van der Waals surface area contributed by atoms with Crippen LogP contribution < -0.4 is 15.5 Å². The maximum Gasteiger partial charge on any atom is 0.414 e. The molecule has 9 nitrogen and oxygen atoms in total. The first-order valence-corrected chi connectivity index (χ1v) is 11.9. The van der Waals surface area contributed by atoms with Crippen LogP contribution in [0.1, 0.15) is 26.7 Å². The van der Waals surface area contributed by atoms with Gasteiger partial charge in [-0.05, 0) is 50.6 Å². The van der Waals surface area contributed by atoms with Crippen molar-refractivity contribution in [1.29, 1.82) is 0 Å². The van der Waals surface area contributed by atoms with Crippen LogP contribution in [0.3, 0.4) is 0 Å². The van der Waals surface area contributed by atoms with E-state index in [1.54, 1.807) is 24.4 Å². The van der Waals surface area contributed by atoms with Crippen LogP contribution in [0.5, 0.6) is 0 Å². The standard InChI is InChI=1S/C26H30FN5O4/c1-17(2)13-25(34)31-11-9-30(10-12-31)24-8-3-18(15-29-24)21-6-4-19(14-22(21)27)32-16-20(36-26(32)35)5-7-23(28)33/h3-4,6,8,13-15,20H,5,7,9-12,16H2,1-2H3,(H2,28,33). The maximum absolute atomic E-state index is 15.0. The van der Waals surface area contributed by atoms with Crippen molar-refractivity contribution >= 4 is 29.4 Å². The van der Waals surface area contributed by atoms with Gasteiger partial charge in [0.1, 0.15) is 17.7 Å². The quantitative estimate of drug-likeness (QED) is 0.592. The average molecular weight is 496 g/mol. The van der Waals surface area contributed by atoms with Crippen LogP contribution in [0.2, 0.25) is 0 Å². The summed E-state index contributed by atoms with van der Waals surface area (Å²) in [5, 5.41) is 0. The van der Waals surface area contributed by atoms with Crippen LogP contribution in [-0.4, -0.2) is 66.6 Å². The summed E-state index contributed by atoms with van der Waals surface area (Å²) in [6.45, 7) is 6.61. The zero-order valence-corrected chi connectivity index (χ0v) is 20.4.